The lowest BCUT2D eigenvalue weighted by Crippen LogP contribution is -2.64. The number of methoxy groups -OCH3 is 1. The van der Waals surface area contributed by atoms with Crippen LogP contribution < -0.4 is 30.5 Å². The molecule has 136 heavy (non-hydrogen) atoms. The van der Waals surface area contributed by atoms with Crippen molar-refractivity contribution >= 4 is 205 Å². The van der Waals surface area contributed by atoms with E-state index in [2.05, 4.69) is 121 Å². The Labute approximate surface area is 842 Å². The SMILES string of the molecule is C=CC(=O)N1CC(N2CCN(C(=O)CNc3cc(C4(C)CC4)c(Cl)cc3O)CC2)C1.C=CC(=O)N1CCN(C(=O)CNc2cc(I)c(Cl)cc2O)CC1.C=CC(=O)N1CCN(c2ccc(-c3cc(O)ccc3Cl)cc2)CC1.C=CC(=O)N1CCN(c2ncnc3c(F)c(-c4cc(O)cc5ccccc45)c(Cl)cc23)CC1.C=CS(=O)(=O)CC1CCN(C(=O)CNc2cc(I)c(Cl)cc2OC)CC1. The normalized spacial score (nSPS) is 16.1. The van der Waals surface area contributed by atoms with E-state index in [4.69, 9.17) is 62.7 Å². The zero-order valence-corrected chi connectivity index (χ0v) is 84.1. The maximum Gasteiger partial charge on any atom is 0.246 e. The molecule has 0 radical (unpaired) electrons. The molecule has 29 nitrogen and oxygen atoms in total. The van der Waals surface area contributed by atoms with Crippen molar-refractivity contribution in [2.24, 2.45) is 5.92 Å². The monoisotopic (exact) mass is 2200 g/mol. The fraction of sp³-hybridized carbons (Fsp3) is 0.337. The summed E-state index contributed by atoms with van der Waals surface area (Å²) in [6.07, 6.45) is 10.2. The van der Waals surface area contributed by atoms with Crippen molar-refractivity contribution in [3.63, 3.8) is 0 Å². The minimum absolute atomic E-state index is 0.00427. The molecule has 0 spiro atoms. The highest BCUT2D eigenvalue weighted by Crippen LogP contribution is 2.52. The van der Waals surface area contributed by atoms with Gasteiger partial charge in [0.15, 0.2) is 15.7 Å². The number of hydrogen-bond acceptors (Lipinski definition) is 22. The molecule has 0 bridgehead atoms. The summed E-state index contributed by atoms with van der Waals surface area (Å²) in [6.45, 7) is 32.5. The Kier molecular flexibility index (Phi) is 36.3. The van der Waals surface area contributed by atoms with Gasteiger partial charge in [-0.1, -0.05) is 134 Å². The van der Waals surface area contributed by atoms with Gasteiger partial charge in [0.1, 0.15) is 46.4 Å². The van der Waals surface area contributed by atoms with Gasteiger partial charge in [-0.15, -0.1) is 0 Å². The average Bonchev–Trinajstić information content (AvgIpc) is 1.32. The summed E-state index contributed by atoms with van der Waals surface area (Å²) in [5.41, 5.74) is 6.53. The number of nitrogens with one attached hydrogen (secondary N) is 3. The molecule has 7 aliphatic rings. The Bertz CT molecular complexity index is 6110. The Balaban J connectivity index is 0.000000154. The number of phenols is 4. The molecule has 1 aromatic heterocycles. The summed E-state index contributed by atoms with van der Waals surface area (Å²) in [7, 11) is -1.65. The van der Waals surface area contributed by atoms with Crippen molar-refractivity contribution in [2.75, 3.05) is 189 Å². The first-order valence-corrected chi connectivity index (χ1v) is 49.8. The van der Waals surface area contributed by atoms with E-state index in [1.54, 1.807) is 80.1 Å². The predicted molar refractivity (Wildman–Crippen MR) is 553 cm³/mol. The Morgan fingerprint density at radius 1 is 0.507 bits per heavy atom. The number of aromatic hydroxyl groups is 4. The number of fused-ring (bicyclic) bond motifs is 2. The van der Waals surface area contributed by atoms with Crippen LogP contribution in [0.4, 0.5) is 33.0 Å². The molecule has 720 valence electrons. The molecule has 6 saturated heterocycles. The number of rotatable bonds is 23. The van der Waals surface area contributed by atoms with Gasteiger partial charge >= 0.3 is 0 Å². The Morgan fingerprint density at radius 3 is 1.53 bits per heavy atom. The van der Waals surface area contributed by atoms with Gasteiger partial charge in [0.25, 0.3) is 0 Å². The second kappa shape index (κ2) is 47.4. The van der Waals surface area contributed by atoms with E-state index in [1.807, 2.05) is 75.4 Å². The summed E-state index contributed by atoms with van der Waals surface area (Å²) in [5, 5.41) is 54.5. The number of sulfone groups is 1. The van der Waals surface area contributed by atoms with E-state index >= 15 is 4.39 Å². The van der Waals surface area contributed by atoms with E-state index in [9.17, 15) is 62.4 Å². The van der Waals surface area contributed by atoms with E-state index in [1.165, 1.54) is 42.8 Å². The maximum absolute atomic E-state index is 15.9. The van der Waals surface area contributed by atoms with E-state index in [0.29, 0.717) is 170 Å². The number of anilines is 5. The molecule has 7 N–H and O–H groups in total. The second-order valence-corrected chi connectivity index (χ2v) is 39.9. The quantitative estimate of drug-likeness (QED) is 0.0178. The van der Waals surface area contributed by atoms with Gasteiger partial charge in [-0.05, 0) is 201 Å². The zero-order valence-electron chi connectivity index (χ0n) is 75.2. The molecular formula is C98H107Cl5FI2N15O14S. The maximum atomic E-state index is 15.9. The van der Waals surface area contributed by atoms with Gasteiger partial charge in [-0.2, -0.15) is 0 Å². The minimum Gasteiger partial charge on any atom is -0.508 e. The number of carbonyl (C=O) groups is 7. The van der Waals surface area contributed by atoms with Crippen molar-refractivity contribution < 1.29 is 71.5 Å². The Morgan fingerprint density at radius 2 is 0.985 bits per heavy atom. The Hall–Kier alpha value is -10.9. The van der Waals surface area contributed by atoms with Crippen molar-refractivity contribution in [2.45, 2.75) is 44.1 Å². The second-order valence-electron chi connectivity index (χ2n) is 33.6. The van der Waals surface area contributed by atoms with Gasteiger partial charge in [-0.3, -0.25) is 38.5 Å². The molecule has 7 heterocycles. The number of amides is 7. The van der Waals surface area contributed by atoms with Crippen LogP contribution in [0.1, 0.15) is 38.2 Å². The number of phenolic OH excluding ortho intramolecular Hbond substituents is 4. The number of aromatic nitrogens is 2. The first kappa shape index (κ1) is 104. The van der Waals surface area contributed by atoms with Gasteiger partial charge < -0.3 is 85.2 Å². The summed E-state index contributed by atoms with van der Waals surface area (Å²) in [6, 6.07) is 35.7. The topological polar surface area (TPSA) is 338 Å². The zero-order chi connectivity index (χ0) is 98.0. The predicted octanol–water partition coefficient (Wildman–Crippen LogP) is 15.5. The standard InChI is InChI=1S/C25H20ClFN4O2.C22H29ClN4O3.C19H19ClN2O2.C17H22ClIN2O4S.C15H17ClIN3O3/c1-2-21(33)30-7-9-31(10-8-30)25-19-13-20(26)22(23(27)24(19)28-14-29-25)18-12-16(32)11-15-5-3-4-6-17(15)18;1-3-20(29)27-13-15(14-27)25-6-8-26(9-7-25)21(30)12-24-18-10-16(22(2)4-5-22)17(23)11-19(18)28;1-2-19(24)22-11-9-21(10-12-22)15-5-3-14(4-6-15)17-13-16(23)7-8-18(17)20;1-3-26(23,24)11-12-4-6-21(7-5-12)17(22)10-20-15-9-14(19)13(18)8-16(15)25-2;1-2-14(22)19-3-5-20(6-4-19)15(23)9-18-12-8-11(17)10(16)7-13(12)21/h2-6,11-14,32H,1,7-10H2;3,10-11,15,24,28H,1,4-9,12-14H2,2H3;2-8,13,23H,1,9-12H2;3,8-9,12,20H,1,4-7,10-11H2,2H3;2,7-8,18,21H,1,3-6,9H2. The number of likely N-dealkylation sites (tertiary alicyclic amines) is 2. The summed E-state index contributed by atoms with van der Waals surface area (Å²) in [4.78, 5) is 111. The molecule has 16 rings (SSSR count). The molecule has 38 heteroatoms. The molecule has 0 unspecified atom stereocenters. The molecule has 6 aliphatic heterocycles. The minimum atomic E-state index is -3.20. The lowest BCUT2D eigenvalue weighted by atomic mass is 9.96. The molecule has 0 atom stereocenters. The van der Waals surface area contributed by atoms with Crippen molar-refractivity contribution in [1.82, 2.24) is 49.2 Å². The number of carbonyl (C=O) groups excluding carboxylic acids is 7. The van der Waals surface area contributed by atoms with Gasteiger partial charge in [0.2, 0.25) is 41.4 Å². The number of piperazine rings is 4. The number of benzene rings is 8. The number of ether oxygens (including phenoxy) is 1. The van der Waals surface area contributed by atoms with Crippen LogP contribution in [0.5, 0.6) is 28.7 Å². The van der Waals surface area contributed by atoms with Gasteiger partial charge in [-0.25, -0.2) is 22.8 Å². The van der Waals surface area contributed by atoms with Crippen LogP contribution in [0.2, 0.25) is 25.1 Å². The van der Waals surface area contributed by atoms with E-state index < -0.39 is 15.7 Å². The third kappa shape index (κ3) is 26.5. The summed E-state index contributed by atoms with van der Waals surface area (Å²) in [5.74, 6) is 0.698. The van der Waals surface area contributed by atoms with Crippen molar-refractivity contribution in [1.29, 1.82) is 0 Å². The fourth-order valence-electron chi connectivity index (χ4n) is 16.7. The summed E-state index contributed by atoms with van der Waals surface area (Å²) >= 11 is 35.3. The largest absolute Gasteiger partial charge is 0.508 e. The van der Waals surface area contributed by atoms with Crippen LogP contribution in [0, 0.1) is 18.9 Å². The third-order valence-electron chi connectivity index (χ3n) is 24.9. The number of nitrogens with zero attached hydrogens (tertiary/aromatic N) is 12. The first-order valence-electron chi connectivity index (χ1n) is 44.0. The van der Waals surface area contributed by atoms with Crippen LogP contribution in [-0.2, 0) is 48.8 Å². The lowest BCUT2D eigenvalue weighted by molar-refractivity contribution is -0.136. The smallest absolute Gasteiger partial charge is 0.246 e. The van der Waals surface area contributed by atoms with Gasteiger partial charge in [0.05, 0.1) is 64.6 Å². The van der Waals surface area contributed by atoms with Crippen LogP contribution in [-0.4, -0.2) is 289 Å². The number of hydrogen-bond donors (Lipinski definition) is 7. The van der Waals surface area contributed by atoms with Crippen molar-refractivity contribution in [3.8, 4) is 51.0 Å². The average molecular weight is 2200 g/mol. The first-order chi connectivity index (χ1) is 65.0. The molecule has 7 fully saturated rings. The molecular weight excluding hydrogens is 2090 g/mol. The molecule has 7 amide bonds. The molecule has 1 saturated carbocycles. The highest BCUT2D eigenvalue weighted by atomic mass is 127. The van der Waals surface area contributed by atoms with Gasteiger partial charge in [0, 0.05) is 200 Å². The third-order valence-corrected chi connectivity index (χ3v) is 30.3. The lowest BCUT2D eigenvalue weighted by Gasteiger charge is -2.47. The molecule has 8 aromatic carbocycles. The number of halogens is 8. The van der Waals surface area contributed by atoms with Crippen LogP contribution >= 0.6 is 103 Å². The molecule has 9 aromatic rings. The molecule has 1 aliphatic carbocycles. The van der Waals surface area contributed by atoms with Crippen LogP contribution in [0.3, 0.4) is 0 Å². The highest BCUT2D eigenvalue weighted by Gasteiger charge is 2.42. The fourth-order valence-corrected chi connectivity index (χ4v) is 19.9. The summed E-state index contributed by atoms with van der Waals surface area (Å²) < 4.78 is 46.1. The van der Waals surface area contributed by atoms with Crippen molar-refractivity contribution in [3.05, 3.63) is 234 Å². The number of piperidine rings is 1. The van der Waals surface area contributed by atoms with E-state index in [-0.39, 0.29) is 117 Å². The highest BCUT2D eigenvalue weighted by molar-refractivity contribution is 14.1. The van der Waals surface area contributed by atoms with Crippen LogP contribution in [0.25, 0.3) is 43.9 Å². The van der Waals surface area contributed by atoms with E-state index in [0.717, 1.165) is 97.8 Å². The van der Waals surface area contributed by atoms with Crippen LogP contribution in [0.15, 0.2) is 190 Å².